The fourth-order valence-electron chi connectivity index (χ4n) is 1.26. The molecule has 0 fully saturated rings. The topological polar surface area (TPSA) is 29.5 Å². The van der Waals surface area contributed by atoms with Crippen LogP contribution >= 0.6 is 11.6 Å². The van der Waals surface area contributed by atoms with Crippen molar-refractivity contribution in [2.75, 3.05) is 20.7 Å². The van der Waals surface area contributed by atoms with Crippen LogP contribution in [0.15, 0.2) is 18.2 Å². The molecule has 0 saturated carbocycles. The zero-order chi connectivity index (χ0) is 12.1. The first-order valence-corrected chi connectivity index (χ1v) is 5.00. The van der Waals surface area contributed by atoms with Crippen LogP contribution in [0.1, 0.15) is 10.4 Å². The van der Waals surface area contributed by atoms with Gasteiger partial charge in [-0.25, -0.2) is 0 Å². The number of amides is 1. The summed E-state index contributed by atoms with van der Waals surface area (Å²) in [5, 5.41) is 0.521. The minimum absolute atomic E-state index is 0.188. The molecule has 1 aromatic carbocycles. The monoisotopic (exact) mass is 237 g/mol. The van der Waals surface area contributed by atoms with Crippen molar-refractivity contribution in [2.45, 2.75) is 0 Å². The Balaban J connectivity index is 3.04. The lowest BCUT2D eigenvalue weighted by molar-refractivity contribution is 0.0809. The zero-order valence-corrected chi connectivity index (χ0v) is 9.91. The Morgan fingerprint density at radius 1 is 1.62 bits per heavy atom. The molecule has 0 bridgehead atoms. The van der Waals surface area contributed by atoms with Gasteiger partial charge in [-0.1, -0.05) is 17.5 Å². The van der Waals surface area contributed by atoms with Gasteiger partial charge in [-0.05, 0) is 18.2 Å². The maximum atomic E-state index is 11.9. The molecular weight excluding hydrogens is 226 g/mol. The van der Waals surface area contributed by atoms with Gasteiger partial charge in [0.05, 0.1) is 19.2 Å². The van der Waals surface area contributed by atoms with Gasteiger partial charge in [0.15, 0.2) is 0 Å². The number of carbonyl (C=O) groups is 1. The summed E-state index contributed by atoms with van der Waals surface area (Å²) in [7, 11) is 3.12. The first-order valence-electron chi connectivity index (χ1n) is 4.62. The van der Waals surface area contributed by atoms with Crippen molar-refractivity contribution in [3.8, 4) is 18.1 Å². The van der Waals surface area contributed by atoms with Gasteiger partial charge in [-0.3, -0.25) is 4.79 Å². The molecule has 0 N–H and O–H groups in total. The average Bonchev–Trinajstić information content (AvgIpc) is 2.28. The van der Waals surface area contributed by atoms with Crippen LogP contribution in [0.3, 0.4) is 0 Å². The van der Waals surface area contributed by atoms with Crippen molar-refractivity contribution >= 4 is 17.5 Å². The van der Waals surface area contributed by atoms with Crippen molar-refractivity contribution < 1.29 is 9.53 Å². The highest BCUT2D eigenvalue weighted by Crippen LogP contribution is 2.23. The minimum Gasteiger partial charge on any atom is -0.496 e. The lowest BCUT2D eigenvalue weighted by Crippen LogP contribution is -2.27. The molecule has 1 rings (SSSR count). The Morgan fingerprint density at radius 3 is 2.88 bits per heavy atom. The van der Waals surface area contributed by atoms with E-state index in [0.29, 0.717) is 16.3 Å². The molecule has 4 heteroatoms. The lowest BCUT2D eigenvalue weighted by atomic mass is 10.2. The first kappa shape index (κ1) is 12.4. The molecule has 0 heterocycles. The predicted molar refractivity (Wildman–Crippen MR) is 63.8 cm³/mol. The summed E-state index contributed by atoms with van der Waals surface area (Å²) in [4.78, 5) is 13.4. The predicted octanol–water partition coefficient (Wildman–Crippen LogP) is 2.05. The van der Waals surface area contributed by atoms with E-state index < -0.39 is 0 Å². The van der Waals surface area contributed by atoms with Crippen LogP contribution in [0.2, 0.25) is 5.02 Å². The maximum Gasteiger partial charge on any atom is 0.258 e. The molecule has 0 aliphatic carbocycles. The number of methoxy groups -OCH3 is 1. The molecule has 1 amide bonds. The van der Waals surface area contributed by atoms with E-state index in [-0.39, 0.29) is 12.5 Å². The number of hydrogen-bond donors (Lipinski definition) is 0. The Labute approximate surface area is 100.0 Å². The minimum atomic E-state index is -0.188. The average molecular weight is 238 g/mol. The van der Waals surface area contributed by atoms with Crippen LogP contribution in [0.5, 0.6) is 5.75 Å². The third kappa shape index (κ3) is 2.68. The van der Waals surface area contributed by atoms with Crippen LogP contribution in [-0.2, 0) is 0 Å². The molecule has 3 nitrogen and oxygen atoms in total. The molecule has 16 heavy (non-hydrogen) atoms. The van der Waals surface area contributed by atoms with E-state index in [1.807, 2.05) is 0 Å². The molecule has 1 aromatic rings. The highest BCUT2D eigenvalue weighted by Gasteiger charge is 2.15. The third-order valence-electron chi connectivity index (χ3n) is 2.07. The van der Waals surface area contributed by atoms with E-state index in [4.69, 9.17) is 22.8 Å². The third-order valence-corrected chi connectivity index (χ3v) is 2.30. The molecule has 0 unspecified atom stereocenters. The van der Waals surface area contributed by atoms with Crippen LogP contribution in [0.25, 0.3) is 0 Å². The number of halogens is 1. The molecule has 84 valence electrons. The first-order chi connectivity index (χ1) is 7.60. The van der Waals surface area contributed by atoms with Crippen molar-refractivity contribution in [3.05, 3.63) is 28.8 Å². The molecule has 0 aromatic heterocycles. The Bertz CT molecular complexity index is 437. The molecule has 0 aliphatic heterocycles. The zero-order valence-electron chi connectivity index (χ0n) is 9.16. The van der Waals surface area contributed by atoms with Crippen LogP contribution in [0, 0.1) is 12.3 Å². The van der Waals surface area contributed by atoms with E-state index in [2.05, 4.69) is 5.92 Å². The molecular formula is C12H12ClNO2. The molecule has 0 saturated heterocycles. The van der Waals surface area contributed by atoms with Gasteiger partial charge >= 0.3 is 0 Å². The molecule has 0 radical (unpaired) electrons. The summed E-state index contributed by atoms with van der Waals surface area (Å²) in [6, 6.07) is 4.86. The lowest BCUT2D eigenvalue weighted by Gasteiger charge is -2.15. The number of carbonyl (C=O) groups excluding carboxylic acids is 1. The number of benzene rings is 1. The van der Waals surface area contributed by atoms with E-state index in [1.54, 1.807) is 25.2 Å². The van der Waals surface area contributed by atoms with Gasteiger partial charge in [0.1, 0.15) is 5.75 Å². The molecule has 0 spiro atoms. The SMILES string of the molecule is C#CCN(C)C(=O)c1ccc(Cl)cc1OC. The highest BCUT2D eigenvalue weighted by molar-refractivity contribution is 6.30. The van der Waals surface area contributed by atoms with E-state index in [1.165, 1.54) is 12.0 Å². The second kappa shape index (κ2) is 5.43. The van der Waals surface area contributed by atoms with Crippen molar-refractivity contribution in [1.29, 1.82) is 0 Å². The van der Waals surface area contributed by atoms with Crippen LogP contribution < -0.4 is 4.74 Å². The highest BCUT2D eigenvalue weighted by atomic mass is 35.5. The van der Waals surface area contributed by atoms with E-state index in [0.717, 1.165) is 0 Å². The summed E-state index contributed by atoms with van der Waals surface area (Å²) < 4.78 is 5.09. The molecule has 0 aliphatic rings. The van der Waals surface area contributed by atoms with Gasteiger partial charge in [-0.2, -0.15) is 0 Å². The van der Waals surface area contributed by atoms with Gasteiger partial charge in [0.25, 0.3) is 5.91 Å². The standard InChI is InChI=1S/C12H12ClNO2/c1-4-7-14(2)12(15)10-6-5-9(13)8-11(10)16-3/h1,5-6,8H,7H2,2-3H3. The fraction of sp³-hybridized carbons (Fsp3) is 0.250. The maximum absolute atomic E-state index is 11.9. The Morgan fingerprint density at radius 2 is 2.31 bits per heavy atom. The smallest absolute Gasteiger partial charge is 0.258 e. The van der Waals surface area contributed by atoms with E-state index >= 15 is 0 Å². The normalized spacial score (nSPS) is 9.38. The quantitative estimate of drug-likeness (QED) is 0.753. The number of hydrogen-bond acceptors (Lipinski definition) is 2. The van der Waals surface area contributed by atoms with Crippen molar-refractivity contribution in [1.82, 2.24) is 4.90 Å². The van der Waals surface area contributed by atoms with Gasteiger partial charge in [0, 0.05) is 12.1 Å². The summed E-state index contributed by atoms with van der Waals surface area (Å²) >= 11 is 5.80. The summed E-state index contributed by atoms with van der Waals surface area (Å²) in [5.41, 5.74) is 0.449. The molecule has 0 atom stereocenters. The number of ether oxygens (including phenoxy) is 1. The summed E-state index contributed by atoms with van der Waals surface area (Å²) in [6.07, 6.45) is 5.14. The number of terminal acetylenes is 1. The van der Waals surface area contributed by atoms with Gasteiger partial charge < -0.3 is 9.64 Å². The summed E-state index contributed by atoms with van der Waals surface area (Å²) in [6.45, 7) is 0.255. The van der Waals surface area contributed by atoms with Crippen molar-refractivity contribution in [3.63, 3.8) is 0 Å². The van der Waals surface area contributed by atoms with Gasteiger partial charge in [0.2, 0.25) is 0 Å². The Hall–Kier alpha value is -1.66. The number of rotatable bonds is 3. The second-order valence-corrected chi connectivity index (χ2v) is 3.65. The summed E-state index contributed by atoms with van der Waals surface area (Å²) in [5.74, 6) is 2.66. The fourth-order valence-corrected chi connectivity index (χ4v) is 1.42. The second-order valence-electron chi connectivity index (χ2n) is 3.21. The van der Waals surface area contributed by atoms with Crippen LogP contribution in [-0.4, -0.2) is 31.5 Å². The van der Waals surface area contributed by atoms with E-state index in [9.17, 15) is 4.79 Å². The Kier molecular flexibility index (Phi) is 4.21. The van der Waals surface area contributed by atoms with Crippen molar-refractivity contribution in [2.24, 2.45) is 0 Å². The van der Waals surface area contributed by atoms with Gasteiger partial charge in [-0.15, -0.1) is 6.42 Å². The largest absolute Gasteiger partial charge is 0.496 e. The number of nitrogens with zero attached hydrogens (tertiary/aromatic N) is 1. The van der Waals surface area contributed by atoms with Crippen LogP contribution in [0.4, 0.5) is 0 Å².